The third-order valence-corrected chi connectivity index (χ3v) is 8.65. The van der Waals surface area contributed by atoms with Crippen LogP contribution in [0.1, 0.15) is 143 Å². The van der Waals surface area contributed by atoms with Gasteiger partial charge in [-0.25, -0.2) is 4.79 Å². The standard InChI is InChI=1S/C12H14N2O3.C12H12N2O2.C12H15NO2.C11H12N2O4.CH4/c1-7(15)8-4-9(11(13)16)6-10(5-8)12(17)14(2)3;1-8(15)10-4-9(7-13)5-11(6-10)12(16)14(2)3;1-8-5-10(9(2)14)7-11(6-8)12(15)13(3)4;1-13(2)10(15)7-3-6(9(12)14)4-8(5-7)11(16)17;/h4-6H,1-3H3,(H2,13,16);4-6H,1-3H3;5-7H,1-4H3;3-5H,1-2H3,(H2,12,14)(H,16,17);1H4. The van der Waals surface area contributed by atoms with Crippen LogP contribution in [0.25, 0.3) is 0 Å². The van der Waals surface area contributed by atoms with Crippen molar-refractivity contribution >= 4 is 58.8 Å². The van der Waals surface area contributed by atoms with Crippen LogP contribution < -0.4 is 11.5 Å². The highest BCUT2D eigenvalue weighted by atomic mass is 16.4. The predicted molar refractivity (Wildman–Crippen MR) is 248 cm³/mol. The molecule has 0 heterocycles. The molecule has 0 spiro atoms. The van der Waals surface area contributed by atoms with Gasteiger partial charge in [0, 0.05) is 106 Å². The lowest BCUT2D eigenvalue weighted by Crippen LogP contribution is -2.23. The maximum atomic E-state index is 11.8. The molecule has 0 fully saturated rings. The number of benzene rings is 4. The zero-order valence-electron chi connectivity index (χ0n) is 38.3. The van der Waals surface area contributed by atoms with Crippen LogP contribution in [0.5, 0.6) is 0 Å². The van der Waals surface area contributed by atoms with E-state index >= 15 is 0 Å². The minimum atomic E-state index is -1.22. The SMILES string of the molecule is C.CC(=O)c1cc(C#N)cc(C(=O)N(C)C)c1.CC(=O)c1cc(C(N)=O)cc(C(=O)N(C)C)c1.CC(=O)c1cc(C)cc(C(=O)N(C)C)c1.CN(C)C(=O)c1cc(C(N)=O)cc(C(=O)O)c1. The number of carbonyl (C=O) groups excluding carboxylic acids is 9. The van der Waals surface area contributed by atoms with E-state index in [2.05, 4.69) is 0 Å². The van der Waals surface area contributed by atoms with Gasteiger partial charge in [-0.15, -0.1) is 0 Å². The van der Waals surface area contributed by atoms with Gasteiger partial charge in [-0.2, -0.15) is 5.26 Å². The van der Waals surface area contributed by atoms with E-state index < -0.39 is 23.7 Å². The number of carboxylic acid groups (broad SMARTS) is 1. The Hall–Kier alpha value is -8.33. The smallest absolute Gasteiger partial charge is 0.335 e. The molecular formula is C48H57N7O11. The lowest BCUT2D eigenvalue weighted by atomic mass is 10.0. The van der Waals surface area contributed by atoms with Crippen molar-refractivity contribution in [2.75, 3.05) is 56.4 Å². The summed E-state index contributed by atoms with van der Waals surface area (Å²) in [6, 6.07) is 19.5. The van der Waals surface area contributed by atoms with Crippen LogP contribution in [0.15, 0.2) is 72.8 Å². The molecule has 66 heavy (non-hydrogen) atoms. The Morgan fingerprint density at radius 2 is 0.652 bits per heavy atom. The fraction of sp³-hybridized carbons (Fsp3) is 0.271. The number of nitrogens with two attached hydrogens (primary N) is 2. The monoisotopic (exact) mass is 907 g/mol. The number of ketones is 3. The Balaban J connectivity index is 0.000000850. The van der Waals surface area contributed by atoms with Crippen LogP contribution in [0.4, 0.5) is 0 Å². The third kappa shape index (κ3) is 17.4. The first-order valence-corrected chi connectivity index (χ1v) is 19.2. The Kier molecular flexibility index (Phi) is 22.5. The summed E-state index contributed by atoms with van der Waals surface area (Å²) >= 11 is 0. The summed E-state index contributed by atoms with van der Waals surface area (Å²) in [5, 5.41) is 17.7. The van der Waals surface area contributed by atoms with E-state index in [0.717, 1.165) is 11.6 Å². The third-order valence-electron chi connectivity index (χ3n) is 8.65. The van der Waals surface area contributed by atoms with Gasteiger partial charge in [-0.05, 0) is 106 Å². The molecule has 0 bridgehead atoms. The molecular weight excluding hydrogens is 851 g/mol. The Bertz CT molecular complexity index is 2430. The summed E-state index contributed by atoms with van der Waals surface area (Å²) in [6.07, 6.45) is 0. The topological polar surface area (TPSA) is 280 Å². The molecule has 0 atom stereocenters. The molecule has 0 aliphatic heterocycles. The predicted octanol–water partition coefficient (Wildman–Crippen LogP) is 4.87. The van der Waals surface area contributed by atoms with Gasteiger partial charge in [0.15, 0.2) is 17.3 Å². The minimum Gasteiger partial charge on any atom is -0.478 e. The van der Waals surface area contributed by atoms with Crippen molar-refractivity contribution in [3.8, 4) is 6.07 Å². The van der Waals surface area contributed by atoms with Crippen LogP contribution in [0.3, 0.4) is 0 Å². The molecule has 0 aromatic heterocycles. The molecule has 4 rings (SSSR count). The molecule has 0 aliphatic rings. The first-order valence-electron chi connectivity index (χ1n) is 19.2. The molecule has 4 aromatic carbocycles. The summed E-state index contributed by atoms with van der Waals surface area (Å²) in [7, 11) is 12.9. The molecule has 0 aliphatic carbocycles. The van der Waals surface area contributed by atoms with E-state index in [1.54, 1.807) is 60.5 Å². The number of amides is 6. The highest BCUT2D eigenvalue weighted by molar-refractivity contribution is 6.05. The van der Waals surface area contributed by atoms with Gasteiger partial charge in [0.2, 0.25) is 11.8 Å². The Labute approximate surface area is 384 Å². The largest absolute Gasteiger partial charge is 0.478 e. The van der Waals surface area contributed by atoms with Gasteiger partial charge < -0.3 is 36.2 Å². The number of aryl methyl sites for hydroxylation is 1. The summed E-state index contributed by atoms with van der Waals surface area (Å²) < 4.78 is 0. The number of Topliss-reactive ketones (excluding diaryl/α,β-unsaturated/α-hetero) is 3. The van der Waals surface area contributed by atoms with E-state index in [1.165, 1.54) is 103 Å². The van der Waals surface area contributed by atoms with Gasteiger partial charge in [-0.3, -0.25) is 43.2 Å². The van der Waals surface area contributed by atoms with Crippen molar-refractivity contribution in [2.24, 2.45) is 11.5 Å². The molecule has 18 nitrogen and oxygen atoms in total. The molecule has 0 saturated heterocycles. The second-order valence-electron chi connectivity index (χ2n) is 15.1. The second kappa shape index (κ2) is 25.7. The number of nitrogens with zero attached hydrogens (tertiary/aromatic N) is 5. The van der Waals surface area contributed by atoms with Crippen molar-refractivity contribution in [3.05, 3.63) is 140 Å². The van der Waals surface area contributed by atoms with Gasteiger partial charge in [0.05, 0.1) is 17.2 Å². The molecule has 0 radical (unpaired) electrons. The summed E-state index contributed by atoms with van der Waals surface area (Å²) in [5.74, 6) is -4.05. The average Bonchev–Trinajstić information content (AvgIpc) is 3.24. The summed E-state index contributed by atoms with van der Waals surface area (Å²) in [4.78, 5) is 119. The fourth-order valence-electron chi connectivity index (χ4n) is 5.27. The molecule has 0 saturated carbocycles. The van der Waals surface area contributed by atoms with E-state index in [1.807, 2.05) is 13.0 Å². The molecule has 4 aromatic rings. The van der Waals surface area contributed by atoms with E-state index in [0.29, 0.717) is 33.4 Å². The zero-order valence-corrected chi connectivity index (χ0v) is 38.3. The number of rotatable bonds is 10. The maximum Gasteiger partial charge on any atom is 0.335 e. The molecule has 350 valence electrons. The molecule has 18 heteroatoms. The summed E-state index contributed by atoms with van der Waals surface area (Å²) in [5.41, 5.74) is 14.0. The zero-order chi connectivity index (χ0) is 50.2. The quantitative estimate of drug-likeness (QED) is 0.180. The normalized spacial score (nSPS) is 9.56. The van der Waals surface area contributed by atoms with Crippen LogP contribution in [0, 0.1) is 18.3 Å². The highest BCUT2D eigenvalue weighted by Crippen LogP contribution is 2.15. The molecule has 6 amide bonds. The number of nitriles is 1. The van der Waals surface area contributed by atoms with E-state index in [4.69, 9.17) is 21.8 Å². The summed E-state index contributed by atoms with van der Waals surface area (Å²) in [6.45, 7) is 6.14. The van der Waals surface area contributed by atoms with Gasteiger partial charge in [0.1, 0.15) is 0 Å². The lowest BCUT2D eigenvalue weighted by molar-refractivity contribution is 0.0694. The van der Waals surface area contributed by atoms with Crippen molar-refractivity contribution < 1.29 is 53.1 Å². The number of carboxylic acids is 1. The first kappa shape index (κ1) is 57.7. The number of aromatic carboxylic acids is 1. The van der Waals surface area contributed by atoms with E-state index in [9.17, 15) is 47.9 Å². The van der Waals surface area contributed by atoms with Crippen LogP contribution in [0.2, 0.25) is 0 Å². The van der Waals surface area contributed by atoms with Crippen molar-refractivity contribution in [1.29, 1.82) is 5.26 Å². The van der Waals surface area contributed by atoms with Crippen molar-refractivity contribution in [3.63, 3.8) is 0 Å². The second-order valence-corrected chi connectivity index (χ2v) is 15.1. The maximum absolute atomic E-state index is 11.8. The number of hydrogen-bond acceptors (Lipinski definition) is 11. The Morgan fingerprint density at radius 1 is 0.424 bits per heavy atom. The van der Waals surface area contributed by atoms with Gasteiger partial charge in [0.25, 0.3) is 23.6 Å². The van der Waals surface area contributed by atoms with Crippen molar-refractivity contribution in [1.82, 2.24) is 19.6 Å². The average molecular weight is 908 g/mol. The lowest BCUT2D eigenvalue weighted by Gasteiger charge is -2.11. The number of hydrogen-bond donors (Lipinski definition) is 3. The molecule has 0 unspecified atom stereocenters. The molecule has 5 N–H and O–H groups in total. The Morgan fingerprint density at radius 3 is 0.955 bits per heavy atom. The minimum absolute atomic E-state index is 0. The van der Waals surface area contributed by atoms with E-state index in [-0.39, 0.29) is 70.3 Å². The number of primary amides is 2. The van der Waals surface area contributed by atoms with Crippen LogP contribution >= 0.6 is 0 Å². The first-order chi connectivity index (χ1) is 30.0. The van der Waals surface area contributed by atoms with Gasteiger partial charge in [-0.1, -0.05) is 7.43 Å². The fourth-order valence-corrected chi connectivity index (χ4v) is 5.27. The number of carbonyl (C=O) groups is 10. The highest BCUT2D eigenvalue weighted by Gasteiger charge is 2.17. The van der Waals surface area contributed by atoms with Crippen LogP contribution in [-0.2, 0) is 0 Å². The van der Waals surface area contributed by atoms with Gasteiger partial charge >= 0.3 is 5.97 Å². The van der Waals surface area contributed by atoms with Crippen molar-refractivity contribution in [2.45, 2.75) is 35.1 Å². The van der Waals surface area contributed by atoms with Crippen LogP contribution in [-0.4, -0.2) is 140 Å².